The van der Waals surface area contributed by atoms with Crippen molar-refractivity contribution in [3.63, 3.8) is 0 Å². The molecule has 4 aliphatic rings. The molecule has 3 saturated heterocycles. The molecule has 0 unspecified atom stereocenters. The van der Waals surface area contributed by atoms with Gasteiger partial charge in [0.1, 0.15) is 17.5 Å². The van der Waals surface area contributed by atoms with Crippen LogP contribution in [0.15, 0.2) is 67.0 Å². The largest absolute Gasteiger partial charge is 0.490 e. The number of nitrogens with zero attached hydrogens (tertiary/aromatic N) is 6. The van der Waals surface area contributed by atoms with Crippen LogP contribution in [0.2, 0.25) is 5.02 Å². The van der Waals surface area contributed by atoms with Crippen LogP contribution in [0.3, 0.4) is 0 Å². The second-order valence-electron chi connectivity index (χ2n) is 15.4. The molecule has 8 rings (SSSR count). The Labute approximate surface area is 326 Å². The van der Waals surface area contributed by atoms with Crippen molar-refractivity contribution in [2.75, 3.05) is 49.1 Å². The molecule has 55 heavy (non-hydrogen) atoms. The summed E-state index contributed by atoms with van der Waals surface area (Å²) in [5.74, 6) is 0.956. The lowest BCUT2D eigenvalue weighted by atomic mass is 9.92. The monoisotopic (exact) mass is 762 g/mol. The third-order valence-electron chi connectivity index (χ3n) is 11.9. The molecule has 12 nitrogen and oxygen atoms in total. The summed E-state index contributed by atoms with van der Waals surface area (Å²) in [7, 11) is 0. The summed E-state index contributed by atoms with van der Waals surface area (Å²) in [6.45, 7) is 5.61. The Morgan fingerprint density at radius 1 is 0.945 bits per heavy atom. The molecule has 4 amide bonds. The van der Waals surface area contributed by atoms with Gasteiger partial charge in [0.25, 0.3) is 5.91 Å². The topological polar surface area (TPSA) is 136 Å². The minimum Gasteiger partial charge on any atom is -0.490 e. The van der Waals surface area contributed by atoms with E-state index in [9.17, 15) is 14.4 Å². The molecule has 2 aromatic carbocycles. The van der Waals surface area contributed by atoms with Crippen molar-refractivity contribution in [3.05, 3.63) is 83.3 Å². The van der Waals surface area contributed by atoms with Crippen LogP contribution in [-0.2, 0) is 4.79 Å². The van der Waals surface area contributed by atoms with E-state index in [-0.39, 0.29) is 30.0 Å². The molecule has 2 N–H and O–H groups in total. The smallest absolute Gasteiger partial charge is 0.328 e. The summed E-state index contributed by atoms with van der Waals surface area (Å²) in [5.41, 5.74) is 3.92. The first-order valence-corrected chi connectivity index (χ1v) is 20.0. The van der Waals surface area contributed by atoms with E-state index in [1.54, 1.807) is 23.1 Å². The first kappa shape index (κ1) is 36.8. The molecular formula is C42H47ClN8O4. The molecule has 4 aromatic rings. The van der Waals surface area contributed by atoms with Crippen molar-refractivity contribution in [2.24, 2.45) is 5.92 Å². The number of anilines is 2. The van der Waals surface area contributed by atoms with Crippen LogP contribution < -0.4 is 25.2 Å². The van der Waals surface area contributed by atoms with Crippen LogP contribution >= 0.6 is 11.6 Å². The maximum atomic E-state index is 13.1. The zero-order valence-corrected chi connectivity index (χ0v) is 31.7. The number of hydrogen-bond donors (Lipinski definition) is 2. The fraction of sp³-hybridized carbons (Fsp3) is 0.452. The quantitative estimate of drug-likeness (QED) is 0.193. The molecule has 286 valence electrons. The lowest BCUT2D eigenvalue weighted by Gasteiger charge is -2.38. The standard InChI is InChI=1S/C42H47ClN8O4/c43-36-24-34(8-4-29(36)25-44)55-33-9-5-30(6-10-33)46-41(53)37-11-7-32(26-45-37)49-20-12-28(13-21-49)27-48-18-14-31(15-19-48)50-22-16-35-38(50)2-1-3-39(35)51-23-17-40(52)47-42(51)54/h1-4,7-8,11,16,22,24,26,28,30-31,33H,5-6,9-10,12-15,17-21,23,27H2,(H,46,53)(H,47,52,54). The van der Waals surface area contributed by atoms with Gasteiger partial charge in [-0.05, 0) is 99.7 Å². The Balaban J connectivity index is 0.760. The average Bonchev–Trinajstić information content (AvgIpc) is 3.64. The molecule has 0 spiro atoms. The fourth-order valence-corrected chi connectivity index (χ4v) is 9.00. The molecule has 0 bridgehead atoms. The highest BCUT2D eigenvalue weighted by Crippen LogP contribution is 2.34. The Hall–Kier alpha value is -5.12. The Morgan fingerprint density at radius 2 is 1.75 bits per heavy atom. The number of carbonyl (C=O) groups excluding carboxylic acids is 3. The number of benzene rings is 2. The van der Waals surface area contributed by atoms with E-state index in [0.29, 0.717) is 47.0 Å². The van der Waals surface area contributed by atoms with Gasteiger partial charge in [-0.3, -0.25) is 19.8 Å². The van der Waals surface area contributed by atoms with Gasteiger partial charge in [0.2, 0.25) is 5.91 Å². The number of nitrogens with one attached hydrogen (secondary N) is 2. The van der Waals surface area contributed by atoms with Crippen LogP contribution in [0.4, 0.5) is 16.2 Å². The minimum atomic E-state index is -0.350. The molecular weight excluding hydrogens is 716 g/mol. The molecule has 0 radical (unpaired) electrons. The summed E-state index contributed by atoms with van der Waals surface area (Å²) in [5, 5.41) is 16.1. The van der Waals surface area contributed by atoms with Gasteiger partial charge in [-0.15, -0.1) is 0 Å². The predicted octanol–water partition coefficient (Wildman–Crippen LogP) is 6.68. The number of halogens is 1. The van der Waals surface area contributed by atoms with E-state index in [1.165, 1.54) is 0 Å². The van der Waals surface area contributed by atoms with E-state index in [0.717, 1.165) is 106 Å². The molecule has 2 aromatic heterocycles. The van der Waals surface area contributed by atoms with E-state index in [2.05, 4.69) is 54.4 Å². The number of nitriles is 1. The highest BCUT2D eigenvalue weighted by atomic mass is 35.5. The first-order chi connectivity index (χ1) is 26.8. The second kappa shape index (κ2) is 16.3. The zero-order chi connectivity index (χ0) is 37.9. The van der Waals surface area contributed by atoms with Crippen molar-refractivity contribution in [2.45, 2.75) is 76.0 Å². The lowest BCUT2D eigenvalue weighted by molar-refractivity contribution is -0.120. The number of hydrogen-bond acceptors (Lipinski definition) is 8. The maximum absolute atomic E-state index is 13.1. The van der Waals surface area contributed by atoms with E-state index in [1.807, 2.05) is 30.5 Å². The highest BCUT2D eigenvalue weighted by Gasteiger charge is 2.29. The molecule has 5 heterocycles. The van der Waals surface area contributed by atoms with Gasteiger partial charge in [-0.2, -0.15) is 5.26 Å². The predicted molar refractivity (Wildman–Crippen MR) is 212 cm³/mol. The van der Waals surface area contributed by atoms with Gasteiger partial charge in [-0.25, -0.2) is 9.78 Å². The van der Waals surface area contributed by atoms with Crippen molar-refractivity contribution in [3.8, 4) is 11.8 Å². The SMILES string of the molecule is N#Cc1ccc(OC2CCC(NC(=O)c3ccc(N4CCC(CN5CCC(n6ccc7c(N8CCC(=O)NC8=O)cccc76)CC5)CC4)cn3)CC2)cc1Cl. The Bertz CT molecular complexity index is 2070. The van der Waals surface area contributed by atoms with E-state index >= 15 is 0 Å². The van der Waals surface area contributed by atoms with E-state index < -0.39 is 0 Å². The van der Waals surface area contributed by atoms with Gasteiger partial charge >= 0.3 is 6.03 Å². The number of amides is 4. The highest BCUT2D eigenvalue weighted by molar-refractivity contribution is 6.31. The van der Waals surface area contributed by atoms with E-state index in [4.69, 9.17) is 21.6 Å². The minimum absolute atomic E-state index is 0.0474. The summed E-state index contributed by atoms with van der Waals surface area (Å²) in [4.78, 5) is 48.5. The number of fused-ring (bicyclic) bond motifs is 1. The summed E-state index contributed by atoms with van der Waals surface area (Å²) in [6, 6.07) is 19.4. The Kier molecular flexibility index (Phi) is 10.9. The summed E-state index contributed by atoms with van der Waals surface area (Å²) in [6.07, 6.45) is 12.1. The van der Waals surface area contributed by atoms with Crippen molar-refractivity contribution in [1.29, 1.82) is 5.26 Å². The number of urea groups is 1. The molecule has 4 fully saturated rings. The number of rotatable bonds is 9. The van der Waals surface area contributed by atoms with Gasteiger partial charge in [0.15, 0.2) is 0 Å². The normalized spacial score (nSPS) is 21.7. The van der Waals surface area contributed by atoms with Gasteiger partial charge in [0, 0.05) is 75.4 Å². The maximum Gasteiger partial charge on any atom is 0.328 e. The average molecular weight is 763 g/mol. The summed E-state index contributed by atoms with van der Waals surface area (Å²) >= 11 is 6.16. The van der Waals surface area contributed by atoms with Gasteiger partial charge in [0.05, 0.1) is 39.8 Å². The fourth-order valence-electron chi connectivity index (χ4n) is 8.78. The van der Waals surface area contributed by atoms with Crippen molar-refractivity contribution in [1.82, 2.24) is 25.1 Å². The number of ether oxygens (including phenoxy) is 1. The molecule has 0 atom stereocenters. The van der Waals surface area contributed by atoms with Crippen LogP contribution in [-0.4, -0.2) is 83.7 Å². The molecule has 3 aliphatic heterocycles. The number of likely N-dealkylation sites (tertiary alicyclic amines) is 1. The Morgan fingerprint density at radius 3 is 2.45 bits per heavy atom. The lowest BCUT2D eigenvalue weighted by Crippen LogP contribution is -2.49. The van der Waals surface area contributed by atoms with Crippen LogP contribution in [0.1, 0.15) is 79.9 Å². The number of aromatic nitrogens is 2. The number of imide groups is 1. The third kappa shape index (κ3) is 8.28. The number of carbonyl (C=O) groups is 3. The van der Waals surface area contributed by atoms with Crippen molar-refractivity contribution < 1.29 is 19.1 Å². The van der Waals surface area contributed by atoms with Crippen LogP contribution in [0.25, 0.3) is 10.9 Å². The molecule has 13 heteroatoms. The second-order valence-corrected chi connectivity index (χ2v) is 15.8. The van der Waals surface area contributed by atoms with Crippen LogP contribution in [0, 0.1) is 17.2 Å². The molecule has 1 aliphatic carbocycles. The first-order valence-electron chi connectivity index (χ1n) is 19.6. The zero-order valence-electron chi connectivity index (χ0n) is 31.0. The molecule has 1 saturated carbocycles. The number of piperidine rings is 2. The van der Waals surface area contributed by atoms with Gasteiger partial charge < -0.3 is 24.4 Å². The van der Waals surface area contributed by atoms with Gasteiger partial charge in [-0.1, -0.05) is 17.7 Å². The number of pyridine rings is 1. The third-order valence-corrected chi connectivity index (χ3v) is 12.2. The summed E-state index contributed by atoms with van der Waals surface area (Å²) < 4.78 is 8.48. The van der Waals surface area contributed by atoms with Crippen LogP contribution in [0.5, 0.6) is 5.75 Å². The van der Waals surface area contributed by atoms with Crippen molar-refractivity contribution >= 4 is 51.7 Å².